The second kappa shape index (κ2) is 7.87. The molecule has 0 aliphatic rings. The average Bonchev–Trinajstić information content (AvgIpc) is 3.21. The summed E-state index contributed by atoms with van der Waals surface area (Å²) in [6, 6.07) is 10.3. The zero-order valence-corrected chi connectivity index (χ0v) is 16.5. The van der Waals surface area contributed by atoms with E-state index in [0.717, 1.165) is 28.4 Å². The molecule has 0 aliphatic carbocycles. The minimum atomic E-state index is -0.983. The molecule has 0 atom stereocenters. The number of hydrogen-bond acceptors (Lipinski definition) is 7. The third-order valence-corrected chi connectivity index (χ3v) is 5.22. The van der Waals surface area contributed by atoms with Crippen molar-refractivity contribution in [1.82, 2.24) is 20.2 Å². The number of nitro benzene ring substituents is 1. The van der Waals surface area contributed by atoms with Crippen molar-refractivity contribution in [3.8, 4) is 22.5 Å². The second-order valence-corrected chi connectivity index (χ2v) is 7.36. The molecule has 2 aromatic heterocycles. The summed E-state index contributed by atoms with van der Waals surface area (Å²) in [7, 11) is 1.90. The van der Waals surface area contributed by atoms with E-state index in [4.69, 9.17) is 5.11 Å². The summed E-state index contributed by atoms with van der Waals surface area (Å²) in [6.07, 6.45) is 3.53. The predicted octanol–water partition coefficient (Wildman–Crippen LogP) is 2.60. The van der Waals surface area contributed by atoms with Crippen LogP contribution >= 0.6 is 11.8 Å². The lowest BCUT2D eigenvalue weighted by Gasteiger charge is -2.05. The molecule has 0 spiro atoms. The molecule has 0 saturated heterocycles. The maximum atomic E-state index is 11.5. The van der Waals surface area contributed by atoms with Gasteiger partial charge in [-0.05, 0) is 23.3 Å². The molecular weight excluding hydrogens is 408 g/mol. The van der Waals surface area contributed by atoms with Crippen molar-refractivity contribution in [3.63, 3.8) is 0 Å². The van der Waals surface area contributed by atoms with E-state index in [1.807, 2.05) is 36.0 Å². The highest BCUT2D eigenvalue weighted by Crippen LogP contribution is 2.31. The molecule has 0 fully saturated rings. The van der Waals surface area contributed by atoms with Gasteiger partial charge in [-0.25, -0.2) is 9.97 Å². The van der Waals surface area contributed by atoms with Crippen LogP contribution in [0.4, 0.5) is 5.69 Å². The average molecular weight is 423 g/mol. The second-order valence-electron chi connectivity index (χ2n) is 6.42. The number of carboxylic acid groups (broad SMARTS) is 1. The van der Waals surface area contributed by atoms with Crippen LogP contribution in [0.2, 0.25) is 0 Å². The number of benzene rings is 2. The maximum Gasteiger partial charge on any atom is 0.313 e. The minimum absolute atomic E-state index is 0.0886. The molecule has 0 aliphatic heterocycles. The number of rotatable bonds is 6. The van der Waals surface area contributed by atoms with Gasteiger partial charge in [-0.1, -0.05) is 17.8 Å². The van der Waals surface area contributed by atoms with E-state index in [1.165, 1.54) is 12.1 Å². The molecule has 4 aromatic rings. The molecule has 2 aromatic carbocycles. The summed E-state index contributed by atoms with van der Waals surface area (Å²) in [6.45, 7) is 0. The number of thioether (sulfide) groups is 1. The lowest BCUT2D eigenvalue weighted by Crippen LogP contribution is -2.28. The molecule has 0 amide bonds. The molecule has 0 radical (unpaired) electrons. The molecule has 2 N–H and O–H groups in total. The van der Waals surface area contributed by atoms with E-state index in [2.05, 4.69) is 20.2 Å². The summed E-state index contributed by atoms with van der Waals surface area (Å²) in [4.78, 5) is 30.3. The van der Waals surface area contributed by atoms with E-state index in [9.17, 15) is 14.9 Å². The Kier molecular flexibility index (Phi) is 5.11. The van der Waals surface area contributed by atoms with Gasteiger partial charge in [0.15, 0.2) is 12.0 Å². The smallest absolute Gasteiger partial charge is 0.313 e. The number of hydrogen-bond donors (Lipinski definition) is 2. The van der Waals surface area contributed by atoms with Gasteiger partial charge in [0.2, 0.25) is 10.7 Å². The summed E-state index contributed by atoms with van der Waals surface area (Å²) in [5.41, 5.74) is 3.51. The van der Waals surface area contributed by atoms with Gasteiger partial charge < -0.3 is 5.11 Å². The quantitative estimate of drug-likeness (QED) is 0.209. The highest BCUT2D eigenvalue weighted by molar-refractivity contribution is 7.99. The van der Waals surface area contributed by atoms with Crippen molar-refractivity contribution in [2.45, 2.75) is 5.16 Å². The van der Waals surface area contributed by atoms with Gasteiger partial charge in [-0.3, -0.25) is 20.0 Å². The van der Waals surface area contributed by atoms with Crippen LogP contribution in [-0.2, 0) is 11.8 Å². The Labute approximate surface area is 173 Å². The number of aryl methyl sites for hydroxylation is 1. The van der Waals surface area contributed by atoms with Crippen LogP contribution in [0, 0.1) is 10.1 Å². The lowest BCUT2D eigenvalue weighted by atomic mass is 10.0. The number of non-ortho nitro benzene ring substituents is 1. The summed E-state index contributed by atoms with van der Waals surface area (Å²) in [5.74, 6) is -0.844. The van der Waals surface area contributed by atoms with Crippen molar-refractivity contribution < 1.29 is 19.4 Å². The standard InChI is InChI=1S/C19H14N6O4S/c1-24-5-4-20-15-3-2-11(9-16(15)24)12-6-13(8-14(7-12)25(28)29)18-21-19(23-22-18)30-10-17(26)27/h2-9H,10H2,1H3,(H-,21,22,23,26,27)/p+1. The van der Waals surface area contributed by atoms with Crippen LogP contribution in [-0.4, -0.2) is 41.9 Å². The van der Waals surface area contributed by atoms with Crippen LogP contribution < -0.4 is 4.57 Å². The molecule has 0 unspecified atom stereocenters. The van der Waals surface area contributed by atoms with E-state index < -0.39 is 10.9 Å². The fourth-order valence-corrected chi connectivity index (χ4v) is 3.49. The Morgan fingerprint density at radius 1 is 1.23 bits per heavy atom. The number of nitrogens with one attached hydrogen (secondary N) is 1. The first-order valence-corrected chi connectivity index (χ1v) is 9.71. The topological polar surface area (TPSA) is 139 Å². The zero-order valence-electron chi connectivity index (χ0n) is 15.6. The van der Waals surface area contributed by atoms with E-state index in [0.29, 0.717) is 17.0 Å². The molecule has 10 nitrogen and oxygen atoms in total. The van der Waals surface area contributed by atoms with Crippen molar-refractivity contribution >= 4 is 34.5 Å². The first kappa shape index (κ1) is 19.5. The fourth-order valence-electron chi connectivity index (χ4n) is 2.97. The maximum absolute atomic E-state index is 11.5. The van der Waals surface area contributed by atoms with Crippen molar-refractivity contribution in [2.75, 3.05) is 5.75 Å². The number of fused-ring (bicyclic) bond motifs is 1. The number of H-pyrrole nitrogens is 1. The third kappa shape index (κ3) is 3.96. The van der Waals surface area contributed by atoms with Gasteiger partial charge in [0.05, 0.1) is 16.9 Å². The molecule has 0 saturated carbocycles. The Morgan fingerprint density at radius 2 is 2.03 bits per heavy atom. The number of aliphatic carboxylic acids is 1. The molecule has 30 heavy (non-hydrogen) atoms. The predicted molar refractivity (Wildman–Crippen MR) is 109 cm³/mol. The first-order valence-electron chi connectivity index (χ1n) is 8.72. The van der Waals surface area contributed by atoms with Gasteiger partial charge in [0.25, 0.3) is 5.69 Å². The molecule has 0 bridgehead atoms. The number of carboxylic acids is 1. The monoisotopic (exact) mass is 423 g/mol. The van der Waals surface area contributed by atoms with E-state index >= 15 is 0 Å². The van der Waals surface area contributed by atoms with Gasteiger partial charge in [-0.2, -0.15) is 4.57 Å². The number of aromatic amines is 1. The first-order chi connectivity index (χ1) is 14.4. The molecule has 11 heteroatoms. The summed E-state index contributed by atoms with van der Waals surface area (Å²) >= 11 is 0.962. The van der Waals surface area contributed by atoms with Crippen LogP contribution in [0.5, 0.6) is 0 Å². The Morgan fingerprint density at radius 3 is 2.80 bits per heavy atom. The fraction of sp³-hybridized carbons (Fsp3) is 0.105. The van der Waals surface area contributed by atoms with Crippen LogP contribution in [0.3, 0.4) is 0 Å². The molecule has 2 heterocycles. The van der Waals surface area contributed by atoms with Gasteiger partial charge >= 0.3 is 5.97 Å². The minimum Gasteiger partial charge on any atom is -0.481 e. The number of aromatic nitrogens is 5. The Bertz CT molecular complexity index is 1290. The number of nitrogens with zero attached hydrogens (tertiary/aromatic N) is 5. The van der Waals surface area contributed by atoms with Gasteiger partial charge in [0, 0.05) is 23.8 Å². The highest BCUT2D eigenvalue weighted by atomic mass is 32.2. The van der Waals surface area contributed by atoms with Crippen LogP contribution in [0.15, 0.2) is 53.9 Å². The van der Waals surface area contributed by atoms with Crippen molar-refractivity contribution in [1.29, 1.82) is 0 Å². The van der Waals surface area contributed by atoms with E-state index in [-0.39, 0.29) is 16.6 Å². The highest BCUT2D eigenvalue weighted by Gasteiger charge is 2.16. The largest absolute Gasteiger partial charge is 0.481 e. The molecule has 4 rings (SSSR count). The third-order valence-electron chi connectivity index (χ3n) is 4.38. The summed E-state index contributed by atoms with van der Waals surface area (Å²) < 4.78 is 1.92. The number of nitro groups is 1. The Hall–Kier alpha value is -3.86. The van der Waals surface area contributed by atoms with Crippen LogP contribution in [0.1, 0.15) is 0 Å². The van der Waals surface area contributed by atoms with E-state index in [1.54, 1.807) is 12.3 Å². The molecular formula is C19H15N6O4S+. The lowest BCUT2D eigenvalue weighted by molar-refractivity contribution is -0.645. The van der Waals surface area contributed by atoms with Gasteiger partial charge in [-0.15, -0.1) is 5.10 Å². The zero-order chi connectivity index (χ0) is 21.3. The normalized spacial score (nSPS) is 11.0. The SMILES string of the molecule is C[n+]1ccnc2ccc(-c3cc(-c4nc(SCC(=O)O)n[nH]4)cc([N+](=O)[O-])c3)cc21. The summed E-state index contributed by atoms with van der Waals surface area (Å²) in [5, 5.41) is 27.2. The van der Waals surface area contributed by atoms with Gasteiger partial charge in [0.1, 0.15) is 12.6 Å². The van der Waals surface area contributed by atoms with Crippen molar-refractivity contribution in [2.24, 2.45) is 7.05 Å². The Balaban J connectivity index is 1.78. The van der Waals surface area contributed by atoms with Crippen LogP contribution in [0.25, 0.3) is 33.5 Å². The number of carbonyl (C=O) groups is 1. The van der Waals surface area contributed by atoms with Crippen molar-refractivity contribution in [3.05, 3.63) is 58.9 Å². The molecule has 150 valence electrons.